The molecule has 0 aliphatic carbocycles. The second-order valence-electron chi connectivity index (χ2n) is 4.96. The molecule has 122 valence electrons. The maximum Gasteiger partial charge on any atom is 0.416 e. The number of halogens is 3. The summed E-state index contributed by atoms with van der Waals surface area (Å²) >= 11 is 0. The lowest BCUT2D eigenvalue weighted by molar-refractivity contribution is -0.384. The van der Waals surface area contributed by atoms with Crippen LogP contribution >= 0.6 is 0 Å². The third-order valence-corrected chi connectivity index (χ3v) is 3.34. The number of fused-ring (bicyclic) bond motifs is 1. The number of nitrogens with one attached hydrogen (secondary N) is 1. The van der Waals surface area contributed by atoms with Crippen LogP contribution in [0.15, 0.2) is 54.7 Å². The zero-order valence-electron chi connectivity index (χ0n) is 12.0. The highest BCUT2D eigenvalue weighted by Crippen LogP contribution is 2.34. The molecule has 0 aliphatic heterocycles. The number of alkyl halides is 3. The van der Waals surface area contributed by atoms with Gasteiger partial charge in [-0.05, 0) is 18.2 Å². The summed E-state index contributed by atoms with van der Waals surface area (Å²) in [5.74, 6) is 0.509. The van der Waals surface area contributed by atoms with Crippen molar-refractivity contribution in [2.45, 2.75) is 6.18 Å². The number of pyridine rings is 1. The third-order valence-electron chi connectivity index (χ3n) is 3.34. The van der Waals surface area contributed by atoms with Crippen molar-refractivity contribution in [3.63, 3.8) is 0 Å². The molecule has 24 heavy (non-hydrogen) atoms. The number of hydrogen-bond donors (Lipinski definition) is 0. The van der Waals surface area contributed by atoms with Crippen LogP contribution in [0.25, 0.3) is 10.9 Å². The topological polar surface area (TPSA) is 66.5 Å². The van der Waals surface area contributed by atoms with Crippen molar-refractivity contribution in [2.24, 2.45) is 0 Å². The van der Waals surface area contributed by atoms with Crippen molar-refractivity contribution in [1.82, 2.24) is 0 Å². The summed E-state index contributed by atoms with van der Waals surface area (Å²) in [6.07, 6.45) is -3.01. The molecule has 1 N–H and O–H groups in total. The van der Waals surface area contributed by atoms with Gasteiger partial charge < -0.3 is 4.74 Å². The molecule has 3 aromatic rings. The van der Waals surface area contributed by atoms with Crippen LogP contribution in [0.1, 0.15) is 5.56 Å². The summed E-state index contributed by atoms with van der Waals surface area (Å²) in [6, 6.07) is 10.3. The molecule has 1 heterocycles. The molecule has 8 heteroatoms. The number of H-pyrrole nitrogens is 1. The first-order chi connectivity index (χ1) is 11.3. The Labute approximate surface area is 133 Å². The largest absolute Gasteiger partial charge is 0.456 e. The fourth-order valence-corrected chi connectivity index (χ4v) is 2.23. The quantitative estimate of drug-likeness (QED) is 0.527. The van der Waals surface area contributed by atoms with Gasteiger partial charge in [-0.15, -0.1) is 0 Å². The highest BCUT2D eigenvalue weighted by Gasteiger charge is 2.31. The van der Waals surface area contributed by atoms with Crippen LogP contribution in [0.4, 0.5) is 18.9 Å². The summed E-state index contributed by atoms with van der Waals surface area (Å²) in [4.78, 5) is 13.0. The van der Waals surface area contributed by atoms with Crippen molar-refractivity contribution in [3.8, 4) is 11.5 Å². The minimum absolute atomic E-state index is 0.140. The molecule has 0 aliphatic rings. The molecule has 1 aromatic heterocycles. The van der Waals surface area contributed by atoms with Gasteiger partial charge in [-0.25, -0.2) is 4.98 Å². The summed E-state index contributed by atoms with van der Waals surface area (Å²) < 4.78 is 43.9. The molecule has 0 fully saturated rings. The number of ether oxygens (including phenoxy) is 1. The van der Waals surface area contributed by atoms with Crippen LogP contribution < -0.4 is 9.72 Å². The van der Waals surface area contributed by atoms with Gasteiger partial charge in [0.25, 0.3) is 5.69 Å². The molecule has 0 unspecified atom stereocenters. The molecule has 0 atom stereocenters. The molecule has 0 saturated carbocycles. The zero-order chi connectivity index (χ0) is 17.3. The molecule has 2 aromatic carbocycles. The Morgan fingerprint density at radius 1 is 1.08 bits per heavy atom. The number of aromatic amines is 1. The van der Waals surface area contributed by atoms with Gasteiger partial charge in [0.1, 0.15) is 11.5 Å². The number of non-ortho nitro benzene ring substituents is 1. The van der Waals surface area contributed by atoms with E-state index >= 15 is 0 Å². The van der Waals surface area contributed by atoms with E-state index in [1.54, 1.807) is 0 Å². The SMILES string of the molecule is O=[N+]([O-])c1cccc(Oc2cc[nH+]c3cc(C(F)(F)F)ccc23)c1. The van der Waals surface area contributed by atoms with Crippen LogP contribution in [0, 0.1) is 10.1 Å². The van der Waals surface area contributed by atoms with Gasteiger partial charge in [-0.1, -0.05) is 6.07 Å². The monoisotopic (exact) mass is 335 g/mol. The summed E-state index contributed by atoms with van der Waals surface area (Å²) in [6.45, 7) is 0. The van der Waals surface area contributed by atoms with Crippen LogP contribution in [0.5, 0.6) is 11.5 Å². The Bertz CT molecular complexity index is 926. The average molecular weight is 335 g/mol. The first-order valence-electron chi connectivity index (χ1n) is 6.78. The Hall–Kier alpha value is -3.16. The van der Waals surface area contributed by atoms with E-state index in [4.69, 9.17) is 4.74 Å². The highest BCUT2D eigenvalue weighted by molar-refractivity contribution is 5.83. The number of nitro groups is 1. The second kappa shape index (κ2) is 5.80. The van der Waals surface area contributed by atoms with E-state index in [1.165, 1.54) is 42.6 Å². The van der Waals surface area contributed by atoms with Crippen molar-refractivity contribution >= 4 is 16.6 Å². The Morgan fingerprint density at radius 2 is 1.88 bits per heavy atom. The smallest absolute Gasteiger partial charge is 0.416 e. The number of rotatable bonds is 3. The molecular formula is C16H10F3N2O3+. The van der Waals surface area contributed by atoms with E-state index < -0.39 is 16.7 Å². The van der Waals surface area contributed by atoms with Gasteiger partial charge >= 0.3 is 6.18 Å². The minimum Gasteiger partial charge on any atom is -0.456 e. The lowest BCUT2D eigenvalue weighted by Crippen LogP contribution is -2.08. The fourth-order valence-electron chi connectivity index (χ4n) is 2.23. The number of nitrogens with zero attached hydrogens (tertiary/aromatic N) is 1. The van der Waals surface area contributed by atoms with Crippen molar-refractivity contribution < 1.29 is 27.8 Å². The van der Waals surface area contributed by atoms with E-state index in [9.17, 15) is 23.3 Å². The molecule has 5 nitrogen and oxygen atoms in total. The standard InChI is InChI=1S/C16H9F3N2O3/c17-16(18,19)10-4-5-13-14(8-10)20-7-6-15(13)24-12-3-1-2-11(9-12)21(22)23/h1-9H/p+1. The van der Waals surface area contributed by atoms with Crippen LogP contribution in [-0.4, -0.2) is 4.92 Å². The number of hydrogen-bond acceptors (Lipinski definition) is 3. The Balaban J connectivity index is 2.01. The molecule has 0 saturated heterocycles. The fraction of sp³-hybridized carbons (Fsp3) is 0.0625. The first kappa shape index (κ1) is 15.7. The molecule has 0 amide bonds. The molecule has 0 spiro atoms. The maximum absolute atomic E-state index is 12.8. The van der Waals surface area contributed by atoms with Crippen molar-refractivity contribution in [2.75, 3.05) is 0 Å². The lowest BCUT2D eigenvalue weighted by Gasteiger charge is -2.09. The van der Waals surface area contributed by atoms with E-state index in [2.05, 4.69) is 4.98 Å². The molecule has 3 rings (SSSR count). The summed E-state index contributed by atoms with van der Waals surface area (Å²) in [5.41, 5.74) is -0.676. The van der Waals surface area contributed by atoms with Gasteiger partial charge in [-0.2, -0.15) is 13.2 Å². The number of benzene rings is 2. The van der Waals surface area contributed by atoms with Gasteiger partial charge in [0.05, 0.1) is 21.9 Å². The van der Waals surface area contributed by atoms with Crippen LogP contribution in [0.3, 0.4) is 0 Å². The van der Waals surface area contributed by atoms with Crippen molar-refractivity contribution in [3.05, 3.63) is 70.4 Å². The third kappa shape index (κ3) is 3.12. The van der Waals surface area contributed by atoms with Crippen molar-refractivity contribution in [1.29, 1.82) is 0 Å². The second-order valence-corrected chi connectivity index (χ2v) is 4.96. The summed E-state index contributed by atoms with van der Waals surface area (Å²) in [5, 5.41) is 11.2. The molecule has 0 bridgehead atoms. The molecule has 0 radical (unpaired) electrons. The Kier molecular flexibility index (Phi) is 3.80. The van der Waals surface area contributed by atoms with Gasteiger partial charge in [0, 0.05) is 18.2 Å². The maximum atomic E-state index is 12.8. The average Bonchev–Trinajstić information content (AvgIpc) is 2.54. The minimum atomic E-state index is -4.45. The van der Waals surface area contributed by atoms with Crippen LogP contribution in [0.2, 0.25) is 0 Å². The van der Waals surface area contributed by atoms with Gasteiger partial charge in [-0.3, -0.25) is 10.1 Å². The highest BCUT2D eigenvalue weighted by atomic mass is 19.4. The zero-order valence-corrected chi connectivity index (χ0v) is 12.0. The van der Waals surface area contributed by atoms with E-state index in [0.717, 1.165) is 12.1 Å². The predicted octanol–water partition coefficient (Wildman–Crippen LogP) is 4.37. The van der Waals surface area contributed by atoms with Gasteiger partial charge in [0.2, 0.25) is 5.52 Å². The predicted molar refractivity (Wildman–Crippen MR) is 78.7 cm³/mol. The Morgan fingerprint density at radius 3 is 2.58 bits per heavy atom. The van der Waals surface area contributed by atoms with Gasteiger partial charge in [0.15, 0.2) is 6.20 Å². The normalized spacial score (nSPS) is 11.5. The first-order valence-corrected chi connectivity index (χ1v) is 6.78. The van der Waals surface area contributed by atoms with Crippen LogP contribution in [-0.2, 0) is 6.18 Å². The van der Waals surface area contributed by atoms with E-state index in [0.29, 0.717) is 5.39 Å². The number of aromatic nitrogens is 1. The van der Waals surface area contributed by atoms with E-state index in [1.807, 2.05) is 0 Å². The summed E-state index contributed by atoms with van der Waals surface area (Å²) in [7, 11) is 0. The van der Waals surface area contributed by atoms with E-state index in [-0.39, 0.29) is 22.7 Å². The number of nitro benzene ring substituents is 1. The lowest BCUT2D eigenvalue weighted by atomic mass is 10.1. The molecular weight excluding hydrogens is 325 g/mol.